The highest BCUT2D eigenvalue weighted by atomic mass is 16.5. The Hall–Kier alpha value is -3.08. The molecule has 0 aliphatic rings. The summed E-state index contributed by atoms with van der Waals surface area (Å²) < 4.78 is 10.8. The summed E-state index contributed by atoms with van der Waals surface area (Å²) in [6.07, 6.45) is 5.16. The number of ether oxygens (including phenoxy) is 2. The van der Waals surface area contributed by atoms with Gasteiger partial charge in [-0.2, -0.15) is 0 Å². The number of amides is 1. The van der Waals surface area contributed by atoms with Gasteiger partial charge >= 0.3 is 5.97 Å². The Bertz CT molecular complexity index is 792. The lowest BCUT2D eigenvalue weighted by atomic mass is 10.2. The van der Waals surface area contributed by atoms with Crippen LogP contribution in [0, 0.1) is 0 Å². The van der Waals surface area contributed by atoms with E-state index in [1.165, 1.54) is 6.08 Å². The highest BCUT2D eigenvalue weighted by molar-refractivity contribution is 6.02. The number of nitrogens with one attached hydrogen (secondary N) is 1. The van der Waals surface area contributed by atoms with Crippen LogP contribution < -0.4 is 10.1 Å². The fourth-order valence-electron chi connectivity index (χ4n) is 2.34. The molecule has 0 heterocycles. The van der Waals surface area contributed by atoms with E-state index >= 15 is 0 Å². The quantitative estimate of drug-likeness (QED) is 0.374. The second-order valence-electron chi connectivity index (χ2n) is 6.63. The topological polar surface area (TPSA) is 64.6 Å². The molecule has 2 aromatic carbocycles. The molecular formula is C23H27NO4. The van der Waals surface area contributed by atoms with Gasteiger partial charge in [-0.25, -0.2) is 4.79 Å². The smallest absolute Gasteiger partial charge is 0.338 e. The number of carbonyl (C=O) groups is 2. The highest BCUT2D eigenvalue weighted by Gasteiger charge is 2.09. The largest absolute Gasteiger partial charge is 0.494 e. The lowest BCUT2D eigenvalue weighted by molar-refractivity contribution is -0.111. The molecule has 1 amide bonds. The van der Waals surface area contributed by atoms with Crippen LogP contribution in [0.4, 0.5) is 5.69 Å². The molecule has 0 aliphatic heterocycles. The van der Waals surface area contributed by atoms with Gasteiger partial charge in [-0.05, 0) is 68.3 Å². The van der Waals surface area contributed by atoms with E-state index in [1.807, 2.05) is 24.3 Å². The third kappa shape index (κ3) is 7.27. The van der Waals surface area contributed by atoms with Crippen LogP contribution in [-0.2, 0) is 9.53 Å². The van der Waals surface area contributed by atoms with E-state index in [9.17, 15) is 9.59 Å². The van der Waals surface area contributed by atoms with Crippen molar-refractivity contribution in [3.8, 4) is 5.75 Å². The van der Waals surface area contributed by atoms with E-state index in [-0.39, 0.29) is 18.0 Å². The number of rotatable bonds is 9. The van der Waals surface area contributed by atoms with Crippen LogP contribution in [0.3, 0.4) is 0 Å². The zero-order valence-corrected chi connectivity index (χ0v) is 16.6. The van der Waals surface area contributed by atoms with Crippen LogP contribution in [0.15, 0.2) is 54.6 Å². The first-order valence-corrected chi connectivity index (χ1v) is 9.51. The van der Waals surface area contributed by atoms with Crippen LogP contribution >= 0.6 is 0 Å². The van der Waals surface area contributed by atoms with Crippen molar-refractivity contribution < 1.29 is 19.1 Å². The molecule has 0 radical (unpaired) electrons. The van der Waals surface area contributed by atoms with Crippen molar-refractivity contribution in [1.82, 2.24) is 0 Å². The summed E-state index contributed by atoms with van der Waals surface area (Å²) in [6.45, 7) is 6.43. The van der Waals surface area contributed by atoms with E-state index < -0.39 is 0 Å². The number of benzene rings is 2. The second-order valence-corrected chi connectivity index (χ2v) is 6.63. The van der Waals surface area contributed by atoms with Crippen molar-refractivity contribution in [3.05, 3.63) is 65.7 Å². The van der Waals surface area contributed by atoms with Gasteiger partial charge in [0.05, 0.1) is 18.3 Å². The number of unbranched alkanes of at least 4 members (excludes halogenated alkanes) is 1. The van der Waals surface area contributed by atoms with Gasteiger partial charge in [0, 0.05) is 11.8 Å². The van der Waals surface area contributed by atoms with Gasteiger partial charge in [0.1, 0.15) is 5.75 Å². The van der Waals surface area contributed by atoms with Crippen molar-refractivity contribution >= 4 is 23.6 Å². The number of esters is 1. The van der Waals surface area contributed by atoms with Gasteiger partial charge in [-0.15, -0.1) is 0 Å². The first-order chi connectivity index (χ1) is 13.5. The monoisotopic (exact) mass is 381 g/mol. The van der Waals surface area contributed by atoms with Crippen LogP contribution in [0.2, 0.25) is 0 Å². The Labute approximate surface area is 166 Å². The molecule has 0 aromatic heterocycles. The minimum Gasteiger partial charge on any atom is -0.494 e. The first-order valence-electron chi connectivity index (χ1n) is 9.51. The van der Waals surface area contributed by atoms with Gasteiger partial charge in [0.25, 0.3) is 0 Å². The highest BCUT2D eigenvalue weighted by Crippen LogP contribution is 2.14. The third-order valence-electron chi connectivity index (χ3n) is 3.80. The summed E-state index contributed by atoms with van der Waals surface area (Å²) in [5.41, 5.74) is 1.96. The molecule has 0 aliphatic carbocycles. The summed E-state index contributed by atoms with van der Waals surface area (Å²) in [4.78, 5) is 23.9. The van der Waals surface area contributed by atoms with Gasteiger partial charge in [-0.3, -0.25) is 4.79 Å². The summed E-state index contributed by atoms with van der Waals surface area (Å²) >= 11 is 0. The van der Waals surface area contributed by atoms with Gasteiger partial charge in [-0.1, -0.05) is 25.5 Å². The molecule has 0 fully saturated rings. The Kier molecular flexibility index (Phi) is 8.28. The molecule has 2 rings (SSSR count). The minimum atomic E-state index is -0.380. The number of hydrogen-bond acceptors (Lipinski definition) is 4. The van der Waals surface area contributed by atoms with Crippen molar-refractivity contribution in [1.29, 1.82) is 0 Å². The second kappa shape index (κ2) is 10.9. The molecule has 0 unspecified atom stereocenters. The van der Waals surface area contributed by atoms with E-state index in [1.54, 1.807) is 44.2 Å². The van der Waals surface area contributed by atoms with E-state index in [4.69, 9.17) is 9.47 Å². The van der Waals surface area contributed by atoms with Crippen molar-refractivity contribution in [2.45, 2.75) is 39.7 Å². The van der Waals surface area contributed by atoms with Crippen LogP contribution in [0.1, 0.15) is 49.5 Å². The van der Waals surface area contributed by atoms with E-state index in [0.29, 0.717) is 17.9 Å². The predicted molar refractivity (Wildman–Crippen MR) is 112 cm³/mol. The third-order valence-corrected chi connectivity index (χ3v) is 3.80. The fraction of sp³-hybridized carbons (Fsp3) is 0.304. The Morgan fingerprint density at radius 2 is 1.71 bits per heavy atom. The normalized spacial score (nSPS) is 10.9. The molecular weight excluding hydrogens is 354 g/mol. The Balaban J connectivity index is 1.86. The SMILES string of the molecule is CCCCOc1ccc(C=CC(=O)Nc2ccc(C(=O)OC(C)C)cc2)cc1. The average molecular weight is 381 g/mol. The zero-order chi connectivity index (χ0) is 20.4. The van der Waals surface area contributed by atoms with Crippen molar-refractivity contribution in [2.75, 3.05) is 11.9 Å². The van der Waals surface area contributed by atoms with Gasteiger partial charge in [0.15, 0.2) is 0 Å². The average Bonchev–Trinajstić information content (AvgIpc) is 2.67. The van der Waals surface area contributed by atoms with Crippen LogP contribution in [-0.4, -0.2) is 24.6 Å². The Morgan fingerprint density at radius 3 is 2.32 bits per heavy atom. The number of hydrogen-bond donors (Lipinski definition) is 1. The number of carbonyl (C=O) groups excluding carboxylic acids is 2. The van der Waals surface area contributed by atoms with Crippen LogP contribution in [0.25, 0.3) is 6.08 Å². The van der Waals surface area contributed by atoms with E-state index in [0.717, 1.165) is 24.2 Å². The lowest BCUT2D eigenvalue weighted by Gasteiger charge is -2.08. The fourth-order valence-corrected chi connectivity index (χ4v) is 2.34. The zero-order valence-electron chi connectivity index (χ0n) is 16.6. The van der Waals surface area contributed by atoms with Gasteiger partial charge < -0.3 is 14.8 Å². The van der Waals surface area contributed by atoms with Gasteiger partial charge in [0.2, 0.25) is 5.91 Å². The Morgan fingerprint density at radius 1 is 1.04 bits per heavy atom. The summed E-state index contributed by atoms with van der Waals surface area (Å²) in [5, 5.41) is 2.76. The molecule has 148 valence electrons. The first kappa shape index (κ1) is 21.2. The van der Waals surface area contributed by atoms with Crippen molar-refractivity contribution in [2.24, 2.45) is 0 Å². The molecule has 0 spiro atoms. The predicted octanol–water partition coefficient (Wildman–Crippen LogP) is 5.08. The molecule has 5 heteroatoms. The minimum absolute atomic E-state index is 0.172. The van der Waals surface area contributed by atoms with Crippen LogP contribution in [0.5, 0.6) is 5.75 Å². The molecule has 28 heavy (non-hydrogen) atoms. The molecule has 0 saturated heterocycles. The summed E-state index contributed by atoms with van der Waals surface area (Å²) in [5.74, 6) is 0.196. The maximum absolute atomic E-state index is 12.1. The molecule has 2 aromatic rings. The lowest BCUT2D eigenvalue weighted by Crippen LogP contribution is -2.12. The summed E-state index contributed by atoms with van der Waals surface area (Å²) in [7, 11) is 0. The maximum atomic E-state index is 12.1. The number of anilines is 1. The maximum Gasteiger partial charge on any atom is 0.338 e. The van der Waals surface area contributed by atoms with E-state index in [2.05, 4.69) is 12.2 Å². The molecule has 0 bridgehead atoms. The molecule has 1 N–H and O–H groups in total. The summed E-state index contributed by atoms with van der Waals surface area (Å²) in [6, 6.07) is 14.2. The molecule has 0 atom stereocenters. The molecule has 5 nitrogen and oxygen atoms in total. The standard InChI is InChI=1S/C23H27NO4/c1-4-5-16-27-21-13-6-18(7-14-21)8-15-22(25)24-20-11-9-19(10-12-20)23(26)28-17(2)3/h6-15,17H,4-5,16H2,1-3H3,(H,24,25). The molecule has 0 saturated carbocycles. The van der Waals surface area contributed by atoms with Crippen molar-refractivity contribution in [3.63, 3.8) is 0 Å².